The van der Waals surface area contributed by atoms with Crippen LogP contribution < -0.4 is 0 Å². The first kappa shape index (κ1) is 27.9. The van der Waals surface area contributed by atoms with Crippen molar-refractivity contribution in [1.82, 2.24) is 0 Å². The van der Waals surface area contributed by atoms with Crippen LogP contribution in [0.4, 0.5) is 0 Å². The van der Waals surface area contributed by atoms with Crippen molar-refractivity contribution in [3.63, 3.8) is 0 Å². The van der Waals surface area contributed by atoms with E-state index in [0.29, 0.717) is 0 Å². The van der Waals surface area contributed by atoms with Crippen molar-refractivity contribution in [3.05, 3.63) is 70.5 Å². The van der Waals surface area contributed by atoms with Gasteiger partial charge in [0.15, 0.2) is 0 Å². The van der Waals surface area contributed by atoms with E-state index in [1.807, 2.05) is 0 Å². The SMILES string of the molecule is C[c-]1[c-](C)[c-](C)[c-](C)[c-]1C.Cc1c(C)c(C)[c-](C)c1C.[CH3-].[CH3-].[Th]. The minimum atomic E-state index is 0. The van der Waals surface area contributed by atoms with Gasteiger partial charge in [-0.3, -0.25) is 0 Å². The Morgan fingerprint density at radius 1 is 0.478 bits per heavy atom. The largest absolute Gasteiger partial charge is 0.731 e. The maximum Gasteiger partial charge on any atom is 0 e. The van der Waals surface area contributed by atoms with E-state index in [2.05, 4.69) is 69.2 Å². The first-order valence-electron chi connectivity index (χ1n) is 7.50. The second-order valence-corrected chi connectivity index (χ2v) is 6.25. The van der Waals surface area contributed by atoms with Gasteiger partial charge in [-0.1, -0.05) is 34.6 Å². The molecule has 136 valence electrons. The number of hydrogen-bond donors (Lipinski definition) is 0. The van der Waals surface area contributed by atoms with E-state index in [-0.39, 0.29) is 54.8 Å². The van der Waals surface area contributed by atoms with Crippen LogP contribution in [0.1, 0.15) is 55.6 Å². The van der Waals surface area contributed by atoms with Crippen LogP contribution in [0.2, 0.25) is 0 Å². The van der Waals surface area contributed by atoms with E-state index in [9.17, 15) is 0 Å². The third-order valence-electron chi connectivity index (χ3n) is 5.62. The molecular formula is C22H36Th-8. The Morgan fingerprint density at radius 3 is 0.739 bits per heavy atom. The molecule has 0 bridgehead atoms. The van der Waals surface area contributed by atoms with Crippen LogP contribution in [0.3, 0.4) is 0 Å². The summed E-state index contributed by atoms with van der Waals surface area (Å²) in [5, 5.41) is 0. The van der Waals surface area contributed by atoms with Crippen molar-refractivity contribution in [1.29, 1.82) is 0 Å². The molecule has 0 aliphatic carbocycles. The molecule has 1 heteroatoms. The Kier molecular flexibility index (Phi) is 13.1. The van der Waals surface area contributed by atoms with Crippen LogP contribution in [0.5, 0.6) is 0 Å². The molecule has 0 fully saturated rings. The van der Waals surface area contributed by atoms with Gasteiger partial charge in [0.05, 0.1) is 0 Å². The molecule has 2 aromatic carbocycles. The van der Waals surface area contributed by atoms with Gasteiger partial charge in [0.1, 0.15) is 0 Å². The Morgan fingerprint density at radius 2 is 0.652 bits per heavy atom. The molecule has 0 spiro atoms. The van der Waals surface area contributed by atoms with Crippen molar-refractivity contribution < 1.29 is 39.9 Å². The van der Waals surface area contributed by atoms with Gasteiger partial charge in [-0.2, -0.15) is 27.8 Å². The number of hydrogen-bond acceptors (Lipinski definition) is 0. The van der Waals surface area contributed by atoms with Crippen molar-refractivity contribution >= 4 is 0 Å². The van der Waals surface area contributed by atoms with Crippen molar-refractivity contribution in [2.45, 2.75) is 69.2 Å². The van der Waals surface area contributed by atoms with Crippen molar-refractivity contribution in [2.75, 3.05) is 0 Å². The zero-order chi connectivity index (χ0) is 15.8. The topological polar surface area (TPSA) is 0 Å². The zero-order valence-electron chi connectivity index (χ0n) is 17.5. The van der Waals surface area contributed by atoms with Gasteiger partial charge >= 0.3 is 0 Å². The van der Waals surface area contributed by atoms with Crippen molar-refractivity contribution in [3.8, 4) is 0 Å². The summed E-state index contributed by atoms with van der Waals surface area (Å²) in [6.07, 6.45) is 0. The summed E-state index contributed by atoms with van der Waals surface area (Å²) in [5.41, 5.74) is 14.7. The summed E-state index contributed by atoms with van der Waals surface area (Å²) in [6, 6.07) is 0. The van der Waals surface area contributed by atoms with Gasteiger partial charge in [-0.05, 0) is 0 Å². The maximum absolute atomic E-state index is 2.20. The standard InChI is InChI=1S/2C10H15.2CH3.Th/c2*1-6-7(2)9(4)10(5)8(6)3;;;/h2*1-5H3;2*1H3;/q-5;3*-1;. The van der Waals surface area contributed by atoms with Gasteiger partial charge in [0, 0.05) is 39.9 Å². The fraction of sp³-hybridized carbons (Fsp3) is 0.455. The molecule has 2 aromatic rings. The third kappa shape index (κ3) is 5.51. The molecule has 0 nitrogen and oxygen atoms in total. The first-order chi connectivity index (χ1) is 9.11. The van der Waals surface area contributed by atoms with Crippen LogP contribution in [0.15, 0.2) is 0 Å². The molecule has 0 N–H and O–H groups in total. The van der Waals surface area contributed by atoms with Crippen LogP contribution in [0.25, 0.3) is 0 Å². The van der Waals surface area contributed by atoms with Gasteiger partial charge in [-0.25, -0.2) is 34.6 Å². The summed E-state index contributed by atoms with van der Waals surface area (Å²) in [4.78, 5) is 0. The third-order valence-corrected chi connectivity index (χ3v) is 5.62. The minimum Gasteiger partial charge on any atom is -0.731 e. The van der Waals surface area contributed by atoms with Crippen LogP contribution in [-0.4, -0.2) is 0 Å². The van der Waals surface area contributed by atoms with Gasteiger partial charge in [-0.15, -0.1) is 0 Å². The quantitative estimate of drug-likeness (QED) is 0.328. The minimum absolute atomic E-state index is 0. The Balaban J connectivity index is -0.000000308. The fourth-order valence-electron chi connectivity index (χ4n) is 2.81. The van der Waals surface area contributed by atoms with Gasteiger partial charge in [0.25, 0.3) is 0 Å². The molecule has 0 unspecified atom stereocenters. The summed E-state index contributed by atoms with van der Waals surface area (Å²) in [6.45, 7) is 22.0. The maximum atomic E-state index is 2.20. The van der Waals surface area contributed by atoms with E-state index >= 15 is 0 Å². The summed E-state index contributed by atoms with van der Waals surface area (Å²) in [5.74, 6) is 0. The van der Waals surface area contributed by atoms with E-state index in [1.54, 1.807) is 0 Å². The zero-order valence-corrected chi connectivity index (χ0v) is 21.6. The molecule has 0 aliphatic heterocycles. The van der Waals surface area contributed by atoms with Gasteiger partial charge < -0.3 is 42.7 Å². The van der Waals surface area contributed by atoms with E-state index in [1.165, 1.54) is 55.6 Å². The molecule has 0 amide bonds. The molecular weight excluding hydrogens is 496 g/mol. The second kappa shape index (κ2) is 10.8. The molecule has 0 saturated carbocycles. The molecule has 0 saturated heterocycles. The molecule has 0 atom stereocenters. The average molecular weight is 533 g/mol. The molecule has 0 aliphatic rings. The molecule has 0 aromatic heterocycles. The second-order valence-electron chi connectivity index (χ2n) is 6.25. The number of rotatable bonds is 0. The first-order valence-corrected chi connectivity index (χ1v) is 7.50. The predicted octanol–water partition coefficient (Wildman–Crippen LogP) is 6.80. The molecule has 2 rings (SSSR count). The summed E-state index contributed by atoms with van der Waals surface area (Å²) in [7, 11) is 0. The Labute approximate surface area is 178 Å². The van der Waals surface area contributed by atoms with E-state index < -0.39 is 0 Å². The van der Waals surface area contributed by atoms with Crippen molar-refractivity contribution in [2.24, 2.45) is 0 Å². The van der Waals surface area contributed by atoms with Gasteiger partial charge in [0.2, 0.25) is 0 Å². The van der Waals surface area contributed by atoms with Crippen LogP contribution in [-0.2, 0) is 0 Å². The summed E-state index contributed by atoms with van der Waals surface area (Å²) < 4.78 is 0. The van der Waals surface area contributed by atoms with E-state index in [0.717, 1.165) is 0 Å². The molecule has 0 radical (unpaired) electrons. The summed E-state index contributed by atoms with van der Waals surface area (Å²) >= 11 is 0. The molecule has 0 heterocycles. The average Bonchev–Trinajstić information content (AvgIpc) is 2.71. The Bertz CT molecular complexity index is 405. The van der Waals surface area contributed by atoms with Crippen LogP contribution >= 0.6 is 0 Å². The normalized spacial score (nSPS) is 9.13. The van der Waals surface area contributed by atoms with E-state index in [4.69, 9.17) is 0 Å². The monoisotopic (exact) mass is 532 g/mol. The Hall–Kier alpha value is 0.0247. The predicted molar refractivity (Wildman–Crippen MR) is 104 cm³/mol. The fourth-order valence-corrected chi connectivity index (χ4v) is 2.81. The smallest absolute Gasteiger partial charge is 0 e. The van der Waals surface area contributed by atoms with Crippen LogP contribution in [0, 0.1) is 124 Å². The molecule has 23 heavy (non-hydrogen) atoms.